The van der Waals surface area contributed by atoms with Gasteiger partial charge in [0.1, 0.15) is 0 Å². The lowest BCUT2D eigenvalue weighted by Crippen LogP contribution is -2.45. The summed E-state index contributed by atoms with van der Waals surface area (Å²) in [7, 11) is -1.26. The molecule has 8 heteroatoms. The van der Waals surface area contributed by atoms with E-state index >= 15 is 0 Å². The summed E-state index contributed by atoms with van der Waals surface area (Å²) in [6.07, 6.45) is 1.01. The van der Waals surface area contributed by atoms with Crippen molar-refractivity contribution in [3.8, 4) is 0 Å². The molecule has 0 aliphatic carbocycles. The first-order chi connectivity index (χ1) is 11.4. The van der Waals surface area contributed by atoms with Gasteiger partial charge in [-0.15, -0.1) is 0 Å². The van der Waals surface area contributed by atoms with Crippen molar-refractivity contribution in [2.75, 3.05) is 43.1 Å². The number of rotatable bonds is 6. The van der Waals surface area contributed by atoms with Crippen LogP contribution >= 0.6 is 15.9 Å². The molecule has 0 amide bonds. The Morgan fingerprint density at radius 2 is 2.17 bits per heavy atom. The van der Waals surface area contributed by atoms with Gasteiger partial charge >= 0.3 is 0 Å². The zero-order valence-corrected chi connectivity index (χ0v) is 16.5. The van der Waals surface area contributed by atoms with Crippen LogP contribution < -0.4 is 15.5 Å². The van der Waals surface area contributed by atoms with E-state index in [1.165, 1.54) is 5.69 Å². The van der Waals surface area contributed by atoms with Gasteiger partial charge in [-0.25, -0.2) is 8.42 Å². The molecule has 2 rings (SSSR count). The normalized spacial score (nSPS) is 18.7. The Balaban J connectivity index is 1.84. The lowest BCUT2D eigenvalue weighted by atomic mass is 10.3. The first kappa shape index (κ1) is 19.1. The molecule has 0 aromatic heterocycles. The first-order valence-electron chi connectivity index (χ1n) is 8.12. The number of hydrogen-bond donors (Lipinski definition) is 2. The minimum Gasteiger partial charge on any atom is -0.368 e. The summed E-state index contributed by atoms with van der Waals surface area (Å²) < 4.78 is 24.2. The van der Waals surface area contributed by atoms with E-state index in [4.69, 9.17) is 0 Å². The number of benzene rings is 1. The predicted octanol–water partition coefficient (Wildman–Crippen LogP) is 1.63. The third-order valence-corrected chi connectivity index (χ3v) is 6.47. The highest BCUT2D eigenvalue weighted by molar-refractivity contribution is 9.10. The second kappa shape index (κ2) is 8.71. The molecule has 0 bridgehead atoms. The lowest BCUT2D eigenvalue weighted by Gasteiger charge is -2.21. The summed E-state index contributed by atoms with van der Waals surface area (Å²) in [6, 6.07) is 8.48. The molecule has 1 aromatic carbocycles. The zero-order chi connectivity index (χ0) is 17.6. The number of hydrogen-bond acceptors (Lipinski definition) is 4. The monoisotopic (exact) mass is 416 g/mol. The van der Waals surface area contributed by atoms with E-state index in [1.807, 2.05) is 18.2 Å². The maximum absolute atomic E-state index is 11.5. The average Bonchev–Trinajstić information content (AvgIpc) is 3.02. The van der Waals surface area contributed by atoms with E-state index in [-0.39, 0.29) is 17.5 Å². The fraction of sp³-hybridized carbons (Fsp3) is 0.562. The van der Waals surface area contributed by atoms with Gasteiger partial charge in [0, 0.05) is 42.9 Å². The highest BCUT2D eigenvalue weighted by Gasteiger charge is 2.24. The summed E-state index contributed by atoms with van der Waals surface area (Å²) in [5, 5.41) is 6.46. The molecule has 2 N–H and O–H groups in total. The molecule has 24 heavy (non-hydrogen) atoms. The van der Waals surface area contributed by atoms with E-state index in [0.717, 1.165) is 24.0 Å². The molecule has 1 fully saturated rings. The van der Waals surface area contributed by atoms with Crippen LogP contribution in [0.1, 0.15) is 13.3 Å². The van der Waals surface area contributed by atoms with E-state index < -0.39 is 9.84 Å². The second-order valence-electron chi connectivity index (χ2n) is 5.76. The number of sulfone groups is 1. The zero-order valence-electron chi connectivity index (χ0n) is 14.1. The van der Waals surface area contributed by atoms with E-state index in [2.05, 4.69) is 42.5 Å². The van der Waals surface area contributed by atoms with Gasteiger partial charge in [-0.3, -0.25) is 4.99 Å². The molecule has 0 saturated carbocycles. The predicted molar refractivity (Wildman–Crippen MR) is 104 cm³/mol. The highest BCUT2D eigenvalue weighted by Crippen LogP contribution is 2.28. The van der Waals surface area contributed by atoms with Gasteiger partial charge in [0.05, 0.1) is 11.4 Å². The molecule has 0 spiro atoms. The summed E-state index contributed by atoms with van der Waals surface area (Å²) in [6.45, 7) is 3.89. The van der Waals surface area contributed by atoms with Gasteiger partial charge in [0.25, 0.3) is 0 Å². The van der Waals surface area contributed by atoms with Gasteiger partial charge in [0.15, 0.2) is 15.8 Å². The molecular formula is C16H25BrN4O2S. The van der Waals surface area contributed by atoms with Crippen molar-refractivity contribution < 1.29 is 8.42 Å². The minimum absolute atomic E-state index is 0.123. The number of aliphatic imine (C=N–C) groups is 1. The highest BCUT2D eigenvalue weighted by atomic mass is 79.9. The maximum atomic E-state index is 11.5. The Bertz CT molecular complexity index is 678. The number of halogens is 1. The third-order valence-electron chi connectivity index (χ3n) is 4.09. The quantitative estimate of drug-likeness (QED) is 0.544. The molecule has 1 aliphatic rings. The van der Waals surface area contributed by atoms with E-state index in [9.17, 15) is 8.42 Å². The Morgan fingerprint density at radius 1 is 1.42 bits per heavy atom. The topological polar surface area (TPSA) is 73.8 Å². The van der Waals surface area contributed by atoms with Crippen LogP contribution in [0.2, 0.25) is 0 Å². The van der Waals surface area contributed by atoms with Crippen molar-refractivity contribution in [3.63, 3.8) is 0 Å². The molecule has 1 aromatic rings. The van der Waals surface area contributed by atoms with Crippen LogP contribution in [-0.2, 0) is 9.84 Å². The summed E-state index contributed by atoms with van der Waals surface area (Å²) in [5.74, 6) is 0.947. The fourth-order valence-corrected chi connectivity index (χ4v) is 3.90. The van der Waals surface area contributed by atoms with Gasteiger partial charge in [-0.2, -0.15) is 0 Å². The number of anilines is 1. The first-order valence-corrected chi connectivity index (χ1v) is 10.7. The van der Waals surface area contributed by atoms with Crippen molar-refractivity contribution in [1.82, 2.24) is 10.6 Å². The van der Waals surface area contributed by atoms with Crippen LogP contribution in [0.15, 0.2) is 33.7 Å². The SMILES string of the molecule is CCS(=O)(=O)CCNC(=NC)NC1CCN(c2ccccc2Br)C1. The van der Waals surface area contributed by atoms with Crippen LogP contribution in [0.5, 0.6) is 0 Å². The average molecular weight is 417 g/mol. The van der Waals surface area contributed by atoms with Crippen molar-refractivity contribution >= 4 is 37.4 Å². The lowest BCUT2D eigenvalue weighted by molar-refractivity contribution is 0.595. The van der Waals surface area contributed by atoms with Gasteiger partial charge < -0.3 is 15.5 Å². The smallest absolute Gasteiger partial charge is 0.191 e. The molecule has 1 unspecified atom stereocenters. The standard InChI is InChI=1S/C16H25BrN4O2S/c1-3-24(22,23)11-9-19-16(18-2)20-13-8-10-21(12-13)15-7-5-4-6-14(15)17/h4-7,13H,3,8-12H2,1-2H3,(H2,18,19,20). The molecule has 6 nitrogen and oxygen atoms in total. The fourth-order valence-electron chi connectivity index (χ4n) is 2.66. The number of para-hydroxylation sites is 1. The molecule has 0 radical (unpaired) electrons. The van der Waals surface area contributed by atoms with Crippen LogP contribution in [0.3, 0.4) is 0 Å². The molecule has 1 heterocycles. The van der Waals surface area contributed by atoms with Crippen molar-refractivity contribution in [3.05, 3.63) is 28.7 Å². The Morgan fingerprint density at radius 3 is 2.83 bits per heavy atom. The van der Waals surface area contributed by atoms with Gasteiger partial charge in [-0.1, -0.05) is 19.1 Å². The molecule has 134 valence electrons. The molecule has 1 aliphatic heterocycles. The molecule has 1 saturated heterocycles. The van der Waals surface area contributed by atoms with Gasteiger partial charge in [0.2, 0.25) is 0 Å². The van der Waals surface area contributed by atoms with Crippen molar-refractivity contribution in [1.29, 1.82) is 0 Å². The van der Waals surface area contributed by atoms with Crippen LogP contribution in [0.4, 0.5) is 5.69 Å². The Labute approximate surface area is 152 Å². The Kier molecular flexibility index (Phi) is 6.91. The van der Waals surface area contributed by atoms with Crippen LogP contribution in [-0.4, -0.2) is 58.6 Å². The minimum atomic E-state index is -2.96. The largest absolute Gasteiger partial charge is 0.368 e. The van der Waals surface area contributed by atoms with E-state index in [0.29, 0.717) is 12.5 Å². The van der Waals surface area contributed by atoms with Crippen LogP contribution in [0.25, 0.3) is 0 Å². The number of guanidine groups is 1. The van der Waals surface area contributed by atoms with Gasteiger partial charge in [-0.05, 0) is 34.5 Å². The maximum Gasteiger partial charge on any atom is 0.191 e. The second-order valence-corrected chi connectivity index (χ2v) is 9.09. The Hall–Kier alpha value is -1.28. The van der Waals surface area contributed by atoms with E-state index in [1.54, 1.807) is 14.0 Å². The van der Waals surface area contributed by atoms with Crippen LogP contribution in [0, 0.1) is 0 Å². The third kappa shape index (κ3) is 5.37. The molecule has 1 atom stereocenters. The molecular weight excluding hydrogens is 392 g/mol. The van der Waals surface area contributed by atoms with Crippen molar-refractivity contribution in [2.24, 2.45) is 4.99 Å². The summed E-state index contributed by atoms with van der Waals surface area (Å²) >= 11 is 3.60. The number of nitrogens with one attached hydrogen (secondary N) is 2. The summed E-state index contributed by atoms with van der Waals surface area (Å²) in [5.41, 5.74) is 1.19. The number of nitrogens with zero attached hydrogens (tertiary/aromatic N) is 2. The van der Waals surface area contributed by atoms with Crippen molar-refractivity contribution in [2.45, 2.75) is 19.4 Å². The summed E-state index contributed by atoms with van der Waals surface area (Å²) in [4.78, 5) is 6.51.